The predicted molar refractivity (Wildman–Crippen MR) is 148 cm³/mol. The average Bonchev–Trinajstić information content (AvgIpc) is 2.89. The van der Waals surface area contributed by atoms with Crippen molar-refractivity contribution in [3.63, 3.8) is 0 Å². The second kappa shape index (κ2) is 15.2. The van der Waals surface area contributed by atoms with Crippen molar-refractivity contribution in [3.8, 4) is 0 Å². The third-order valence-corrected chi connectivity index (χ3v) is 6.55. The fourth-order valence-electron chi connectivity index (χ4n) is 4.89. The summed E-state index contributed by atoms with van der Waals surface area (Å²) >= 11 is 0. The molecule has 0 bridgehead atoms. The fourth-order valence-corrected chi connectivity index (χ4v) is 4.89. The number of nitrogens with one attached hydrogen (secondary N) is 2. The van der Waals surface area contributed by atoms with E-state index in [1.165, 1.54) is 0 Å². The Morgan fingerprint density at radius 2 is 1.27 bits per heavy atom. The van der Waals surface area contributed by atoms with Crippen LogP contribution in [0.25, 0.3) is 0 Å². The Bertz CT molecular complexity index is 913. The molecule has 2 amide bonds. The number of carbonyl (C=O) groups excluding carboxylic acids is 5. The molecule has 0 aliphatic heterocycles. The Morgan fingerprint density at radius 1 is 0.825 bits per heavy atom. The van der Waals surface area contributed by atoms with E-state index in [2.05, 4.69) is 44.2 Å². The molecule has 0 saturated heterocycles. The molecule has 1 saturated carbocycles. The van der Waals surface area contributed by atoms with Crippen molar-refractivity contribution >= 4 is 29.9 Å². The van der Waals surface area contributed by atoms with Gasteiger partial charge < -0.3 is 29.6 Å². The number of hydrogen-bond donors (Lipinski definition) is 2. The van der Waals surface area contributed by atoms with Gasteiger partial charge in [-0.2, -0.15) is 0 Å². The molecule has 1 aliphatic rings. The van der Waals surface area contributed by atoms with Crippen LogP contribution in [0.5, 0.6) is 0 Å². The molecule has 0 aromatic rings. The van der Waals surface area contributed by atoms with Crippen LogP contribution >= 0.6 is 0 Å². The largest absolute Gasteiger partial charge is 0.462 e. The molecule has 2 atom stereocenters. The monoisotopic (exact) mass is 564 g/mol. The average molecular weight is 565 g/mol. The third-order valence-electron chi connectivity index (χ3n) is 6.55. The van der Waals surface area contributed by atoms with Crippen LogP contribution in [0.15, 0.2) is 38.0 Å². The van der Waals surface area contributed by atoms with E-state index in [1.54, 1.807) is 0 Å². The van der Waals surface area contributed by atoms with Crippen molar-refractivity contribution in [3.05, 3.63) is 38.0 Å². The Morgan fingerprint density at radius 3 is 1.70 bits per heavy atom. The van der Waals surface area contributed by atoms with E-state index in [0.29, 0.717) is 6.42 Å². The van der Waals surface area contributed by atoms with Crippen LogP contribution in [0.2, 0.25) is 0 Å². The molecule has 0 heterocycles. The van der Waals surface area contributed by atoms with Gasteiger partial charge in [0.15, 0.2) is 0 Å². The maximum atomic E-state index is 12.8. The molecular weight excluding hydrogens is 520 g/mol. The number of hydrogen-bond acceptors (Lipinski definition) is 9. The van der Waals surface area contributed by atoms with Gasteiger partial charge in [-0.1, -0.05) is 54.4 Å². The Balaban J connectivity index is 2.97. The van der Waals surface area contributed by atoms with Crippen LogP contribution in [0.3, 0.4) is 0 Å². The van der Waals surface area contributed by atoms with Gasteiger partial charge in [-0.3, -0.25) is 4.79 Å². The van der Waals surface area contributed by atoms with E-state index in [-0.39, 0.29) is 35.2 Å². The van der Waals surface area contributed by atoms with Gasteiger partial charge in [-0.25, -0.2) is 19.2 Å². The Kier molecular flexibility index (Phi) is 13.1. The van der Waals surface area contributed by atoms with E-state index in [9.17, 15) is 24.0 Å². The van der Waals surface area contributed by atoms with E-state index < -0.39 is 55.8 Å². The summed E-state index contributed by atoms with van der Waals surface area (Å²) in [5.41, 5.74) is -1.82. The first-order chi connectivity index (χ1) is 18.6. The zero-order chi connectivity index (χ0) is 30.6. The van der Waals surface area contributed by atoms with Crippen LogP contribution in [0.1, 0.15) is 53.9 Å². The van der Waals surface area contributed by atoms with Gasteiger partial charge in [-0.05, 0) is 30.1 Å². The number of rotatable bonds is 15. The Labute approximate surface area is 236 Å². The molecule has 1 aliphatic carbocycles. The van der Waals surface area contributed by atoms with Gasteiger partial charge in [0.25, 0.3) is 0 Å². The molecule has 1 fully saturated rings. The molecule has 0 aromatic carbocycles. The minimum atomic E-state index is -1.42. The molecule has 224 valence electrons. The summed E-state index contributed by atoms with van der Waals surface area (Å²) in [5.74, 6) is -2.46. The normalized spacial score (nSPS) is 19.9. The summed E-state index contributed by atoms with van der Waals surface area (Å²) < 4.78 is 20.9. The molecule has 0 spiro atoms. The topological polar surface area (TPSA) is 146 Å². The lowest BCUT2D eigenvalue weighted by Gasteiger charge is -2.47. The highest BCUT2D eigenvalue weighted by Gasteiger charge is 2.42. The van der Waals surface area contributed by atoms with Gasteiger partial charge in [0, 0.05) is 36.7 Å². The predicted octanol–water partition coefficient (Wildman–Crippen LogP) is 3.24. The first-order valence-electron chi connectivity index (χ1n) is 13.2. The SMILES string of the molecule is C=CC(=O)OCC(COC(=O)C=C)(COC(=O)C=C)COC(=O)NCC1(C)CC(NC(=O)C(C)C)CC(C)(C)C1. The van der Waals surface area contributed by atoms with Gasteiger partial charge in [-0.15, -0.1) is 0 Å². The van der Waals surface area contributed by atoms with Crippen molar-refractivity contribution in [1.29, 1.82) is 0 Å². The van der Waals surface area contributed by atoms with E-state index in [1.807, 2.05) is 20.8 Å². The fraction of sp³-hybridized carbons (Fsp3) is 0.621. The lowest BCUT2D eigenvalue weighted by molar-refractivity contribution is -0.159. The standard InChI is InChI=1S/C29H44N2O9/c1-9-22(32)37-16-29(17-38-23(33)10-2,18-39-24(34)11-3)19-40-26(36)30-15-28(8)13-21(12-27(6,7)14-28)31-25(35)20(4)5/h9-11,20-21H,1-3,12-19H2,4-8H3,(H,30,36)(H,31,35). The lowest BCUT2D eigenvalue weighted by atomic mass is 9.62. The van der Waals surface area contributed by atoms with Crippen molar-refractivity contribution in [2.75, 3.05) is 33.0 Å². The third kappa shape index (κ3) is 12.0. The number of ether oxygens (including phenoxy) is 4. The summed E-state index contributed by atoms with van der Waals surface area (Å²) in [6.07, 6.45) is 4.35. The van der Waals surface area contributed by atoms with Crippen molar-refractivity contribution in [2.45, 2.75) is 59.9 Å². The van der Waals surface area contributed by atoms with Crippen molar-refractivity contribution < 1.29 is 42.9 Å². The first-order valence-corrected chi connectivity index (χ1v) is 13.2. The molecule has 1 rings (SSSR count). The van der Waals surface area contributed by atoms with Crippen LogP contribution in [0.4, 0.5) is 4.79 Å². The summed E-state index contributed by atoms with van der Waals surface area (Å²) in [7, 11) is 0. The van der Waals surface area contributed by atoms with Crippen molar-refractivity contribution in [2.24, 2.45) is 22.2 Å². The van der Waals surface area contributed by atoms with Gasteiger partial charge >= 0.3 is 24.0 Å². The number of amides is 2. The second-order valence-electron chi connectivity index (χ2n) is 11.8. The van der Waals surface area contributed by atoms with Gasteiger partial charge in [0.05, 0.1) is 0 Å². The molecule has 11 nitrogen and oxygen atoms in total. The van der Waals surface area contributed by atoms with E-state index in [0.717, 1.165) is 31.1 Å². The van der Waals surface area contributed by atoms with Gasteiger partial charge in [0.2, 0.25) is 5.91 Å². The highest BCUT2D eigenvalue weighted by atomic mass is 16.6. The smallest absolute Gasteiger partial charge is 0.407 e. The number of carbonyl (C=O) groups is 5. The van der Waals surface area contributed by atoms with Crippen LogP contribution in [0, 0.1) is 22.2 Å². The highest BCUT2D eigenvalue weighted by molar-refractivity contribution is 5.82. The highest BCUT2D eigenvalue weighted by Crippen LogP contribution is 2.45. The maximum Gasteiger partial charge on any atom is 0.407 e. The maximum absolute atomic E-state index is 12.8. The van der Waals surface area contributed by atoms with Gasteiger partial charge in [0.1, 0.15) is 31.8 Å². The molecular formula is C29H44N2O9. The zero-order valence-electron chi connectivity index (χ0n) is 24.3. The van der Waals surface area contributed by atoms with Crippen LogP contribution in [-0.2, 0) is 38.1 Å². The summed E-state index contributed by atoms with van der Waals surface area (Å²) in [5, 5.41) is 5.90. The number of esters is 3. The second-order valence-corrected chi connectivity index (χ2v) is 11.8. The van der Waals surface area contributed by atoms with Crippen molar-refractivity contribution in [1.82, 2.24) is 10.6 Å². The summed E-state index contributed by atoms with van der Waals surface area (Å²) in [4.78, 5) is 60.3. The molecule has 2 N–H and O–H groups in total. The quantitative estimate of drug-likeness (QED) is 0.174. The minimum Gasteiger partial charge on any atom is -0.462 e. The molecule has 0 radical (unpaired) electrons. The van der Waals surface area contributed by atoms with E-state index in [4.69, 9.17) is 18.9 Å². The molecule has 40 heavy (non-hydrogen) atoms. The molecule has 2 unspecified atom stereocenters. The minimum absolute atomic E-state index is 0.0137. The van der Waals surface area contributed by atoms with Crippen LogP contribution < -0.4 is 10.6 Å². The molecule has 11 heteroatoms. The first kappa shape index (κ1) is 34.4. The number of alkyl carbamates (subject to hydrolysis) is 1. The molecule has 0 aromatic heterocycles. The summed E-state index contributed by atoms with van der Waals surface area (Å²) in [6, 6.07) is -0.0345. The summed E-state index contributed by atoms with van der Waals surface area (Å²) in [6.45, 7) is 18.6. The van der Waals surface area contributed by atoms with Crippen LogP contribution in [-0.4, -0.2) is 68.9 Å². The Hall–Kier alpha value is -3.63. The zero-order valence-corrected chi connectivity index (χ0v) is 24.3. The van der Waals surface area contributed by atoms with E-state index >= 15 is 0 Å². The lowest BCUT2D eigenvalue weighted by Crippen LogP contribution is -2.51.